The number of nitrogens with zero attached hydrogens (tertiary/aromatic N) is 2. The largest absolute Gasteiger partial charge is 0.497 e. The molecule has 3 atom stereocenters. The van der Waals surface area contributed by atoms with Gasteiger partial charge in [-0.2, -0.15) is 13.2 Å². The molecule has 1 heterocycles. The molecule has 1 amide bonds. The van der Waals surface area contributed by atoms with E-state index in [1.807, 2.05) is 60.7 Å². The zero-order valence-corrected chi connectivity index (χ0v) is 24.4. The number of methoxy groups -OCH3 is 1. The predicted molar refractivity (Wildman–Crippen MR) is 157 cm³/mol. The summed E-state index contributed by atoms with van der Waals surface area (Å²) in [4.78, 5) is 28.0. The molecule has 9 heteroatoms. The summed E-state index contributed by atoms with van der Waals surface area (Å²) in [5.74, 6) is -2.25. The van der Waals surface area contributed by atoms with Crippen molar-refractivity contribution >= 4 is 11.9 Å². The zero-order valence-electron chi connectivity index (χ0n) is 24.4. The number of piperidine rings is 1. The lowest BCUT2D eigenvalue weighted by molar-refractivity contribution is -0.188. The number of alkyl halides is 3. The molecule has 2 fully saturated rings. The van der Waals surface area contributed by atoms with Gasteiger partial charge in [-0.25, -0.2) is 4.79 Å². The standard InChI is InChI=1S/C34H37F3N2O4/c1-23(26-11-7-13-28(19-26)43-2)38-16-14-33(15-17-38,21-24-8-6-12-27(18-24)31(40)41)22-39(32(42)34(35,36)37)30-20-29(30)25-9-4-3-5-10-25/h3-13,18-19,23,29-30H,14-17,20-22H2,1-2H3,(H,40,41)/t23?,29-,30+/m0/s1. The van der Waals surface area contributed by atoms with E-state index in [0.29, 0.717) is 38.8 Å². The van der Waals surface area contributed by atoms with Crippen LogP contribution in [-0.4, -0.2) is 65.7 Å². The van der Waals surface area contributed by atoms with E-state index in [1.165, 1.54) is 6.07 Å². The summed E-state index contributed by atoms with van der Waals surface area (Å²) in [6.07, 6.45) is -3.02. The van der Waals surface area contributed by atoms with Gasteiger partial charge in [0.25, 0.3) is 0 Å². The van der Waals surface area contributed by atoms with Crippen LogP contribution >= 0.6 is 0 Å². The summed E-state index contributed by atoms with van der Waals surface area (Å²) in [5, 5.41) is 9.55. The van der Waals surface area contributed by atoms with Gasteiger partial charge in [0.05, 0.1) is 12.7 Å². The molecular formula is C34H37F3N2O4. The first kappa shape index (κ1) is 30.6. The van der Waals surface area contributed by atoms with Crippen LogP contribution in [0.15, 0.2) is 78.9 Å². The molecule has 0 radical (unpaired) electrons. The second kappa shape index (κ2) is 12.4. The number of aromatic carboxylic acids is 1. The molecule has 1 aliphatic carbocycles. The summed E-state index contributed by atoms with van der Waals surface area (Å²) >= 11 is 0. The normalized spacial score (nSPS) is 20.7. The number of carboxylic acids is 1. The van der Waals surface area contributed by atoms with Crippen molar-refractivity contribution in [3.8, 4) is 5.75 Å². The summed E-state index contributed by atoms with van der Waals surface area (Å²) in [7, 11) is 1.62. The molecule has 5 rings (SSSR count). The Morgan fingerprint density at radius 2 is 1.72 bits per heavy atom. The Bertz CT molecular complexity index is 1440. The monoisotopic (exact) mass is 594 g/mol. The molecule has 1 aliphatic heterocycles. The van der Waals surface area contributed by atoms with Gasteiger partial charge in [-0.05, 0) is 92.1 Å². The maximum Gasteiger partial charge on any atom is 0.471 e. The summed E-state index contributed by atoms with van der Waals surface area (Å²) in [5.41, 5.74) is 2.22. The van der Waals surface area contributed by atoms with Crippen LogP contribution in [-0.2, 0) is 11.2 Å². The van der Waals surface area contributed by atoms with Crippen molar-refractivity contribution in [3.05, 3.63) is 101 Å². The second-order valence-corrected chi connectivity index (χ2v) is 11.9. The Balaban J connectivity index is 1.43. The lowest BCUT2D eigenvalue weighted by atomic mass is 9.72. The molecule has 3 aromatic carbocycles. The fourth-order valence-electron chi connectivity index (χ4n) is 6.58. The molecule has 0 aromatic heterocycles. The lowest BCUT2D eigenvalue weighted by Crippen LogP contribution is -2.52. The van der Waals surface area contributed by atoms with Crippen LogP contribution < -0.4 is 4.74 Å². The van der Waals surface area contributed by atoms with Gasteiger partial charge in [0.2, 0.25) is 0 Å². The minimum absolute atomic E-state index is 0.0436. The summed E-state index contributed by atoms with van der Waals surface area (Å²) in [6.45, 7) is 3.31. The van der Waals surface area contributed by atoms with E-state index in [0.717, 1.165) is 27.3 Å². The fourth-order valence-corrected chi connectivity index (χ4v) is 6.58. The van der Waals surface area contributed by atoms with Crippen LogP contribution in [0.1, 0.15) is 65.2 Å². The Kier molecular flexibility index (Phi) is 8.83. The van der Waals surface area contributed by atoms with E-state index in [9.17, 15) is 27.9 Å². The summed E-state index contributed by atoms with van der Waals surface area (Å²) in [6, 6.07) is 23.3. The Hall–Kier alpha value is -3.85. The predicted octanol–water partition coefficient (Wildman–Crippen LogP) is 6.73. The Morgan fingerprint density at radius 1 is 1.02 bits per heavy atom. The molecule has 1 unspecified atom stereocenters. The van der Waals surface area contributed by atoms with Crippen molar-refractivity contribution in [2.75, 3.05) is 26.7 Å². The van der Waals surface area contributed by atoms with Gasteiger partial charge in [0.1, 0.15) is 5.75 Å². The van der Waals surface area contributed by atoms with Gasteiger partial charge in [0.15, 0.2) is 0 Å². The Labute approximate surface area is 250 Å². The first-order chi connectivity index (χ1) is 20.5. The number of amides is 1. The highest BCUT2D eigenvalue weighted by atomic mass is 19.4. The number of benzene rings is 3. The van der Waals surface area contributed by atoms with Crippen molar-refractivity contribution < 1.29 is 32.6 Å². The SMILES string of the molecule is COc1cccc(C(C)N2CCC(Cc3cccc(C(=O)O)c3)(CN(C(=O)C(F)(F)F)[C@@H]3C[C@H]3c3ccccc3)CC2)c1. The number of halogens is 3. The number of hydrogen-bond acceptors (Lipinski definition) is 4. The topological polar surface area (TPSA) is 70.1 Å². The molecule has 1 saturated carbocycles. The Morgan fingerprint density at radius 3 is 2.37 bits per heavy atom. The van der Waals surface area contributed by atoms with Crippen LogP contribution in [0.25, 0.3) is 0 Å². The third kappa shape index (κ3) is 7.04. The van der Waals surface area contributed by atoms with Crippen LogP contribution in [0, 0.1) is 5.41 Å². The van der Waals surface area contributed by atoms with Gasteiger partial charge in [-0.1, -0.05) is 54.6 Å². The van der Waals surface area contributed by atoms with E-state index in [-0.39, 0.29) is 24.1 Å². The minimum atomic E-state index is -4.99. The smallest absolute Gasteiger partial charge is 0.471 e. The van der Waals surface area contributed by atoms with Gasteiger partial charge in [-0.15, -0.1) is 0 Å². The zero-order chi connectivity index (χ0) is 30.8. The number of carbonyl (C=O) groups is 2. The van der Waals surface area contributed by atoms with Crippen LogP contribution in [0.4, 0.5) is 13.2 Å². The number of carbonyl (C=O) groups excluding carboxylic acids is 1. The van der Waals surface area contributed by atoms with Gasteiger partial charge in [0, 0.05) is 24.5 Å². The molecule has 6 nitrogen and oxygen atoms in total. The molecular weight excluding hydrogens is 557 g/mol. The van der Waals surface area contributed by atoms with Crippen LogP contribution in [0.5, 0.6) is 5.75 Å². The fraction of sp³-hybridized carbons (Fsp3) is 0.412. The highest BCUT2D eigenvalue weighted by molar-refractivity contribution is 5.87. The molecule has 1 N–H and O–H groups in total. The number of hydrogen-bond donors (Lipinski definition) is 1. The van der Waals surface area contributed by atoms with Crippen molar-refractivity contribution in [3.63, 3.8) is 0 Å². The lowest BCUT2D eigenvalue weighted by Gasteiger charge is -2.46. The third-order valence-corrected chi connectivity index (χ3v) is 9.13. The van der Waals surface area contributed by atoms with Crippen molar-refractivity contribution in [1.29, 1.82) is 0 Å². The average molecular weight is 595 g/mol. The summed E-state index contributed by atoms with van der Waals surface area (Å²) < 4.78 is 47.4. The van der Waals surface area contributed by atoms with Crippen LogP contribution in [0.3, 0.4) is 0 Å². The van der Waals surface area contributed by atoms with Crippen LogP contribution in [0.2, 0.25) is 0 Å². The molecule has 228 valence electrons. The first-order valence-electron chi connectivity index (χ1n) is 14.6. The minimum Gasteiger partial charge on any atom is -0.497 e. The van der Waals surface area contributed by atoms with E-state index < -0.39 is 29.5 Å². The highest BCUT2D eigenvalue weighted by Gasteiger charge is 2.54. The van der Waals surface area contributed by atoms with Crippen molar-refractivity contribution in [1.82, 2.24) is 9.80 Å². The maximum absolute atomic E-state index is 14.0. The average Bonchev–Trinajstić information content (AvgIpc) is 3.81. The highest BCUT2D eigenvalue weighted by Crippen LogP contribution is 2.48. The quantitative estimate of drug-likeness (QED) is 0.282. The molecule has 1 saturated heterocycles. The van der Waals surface area contributed by atoms with E-state index >= 15 is 0 Å². The van der Waals surface area contributed by atoms with Crippen molar-refractivity contribution in [2.45, 2.75) is 56.8 Å². The molecule has 3 aromatic rings. The van der Waals surface area contributed by atoms with E-state index in [2.05, 4.69) is 11.8 Å². The number of ether oxygens (including phenoxy) is 1. The third-order valence-electron chi connectivity index (χ3n) is 9.13. The molecule has 0 spiro atoms. The maximum atomic E-state index is 14.0. The van der Waals surface area contributed by atoms with E-state index in [1.54, 1.807) is 19.2 Å². The molecule has 43 heavy (non-hydrogen) atoms. The van der Waals surface area contributed by atoms with Gasteiger partial charge in [-0.3, -0.25) is 9.69 Å². The first-order valence-corrected chi connectivity index (χ1v) is 14.6. The van der Waals surface area contributed by atoms with Crippen molar-refractivity contribution in [2.24, 2.45) is 5.41 Å². The second-order valence-electron chi connectivity index (χ2n) is 11.9. The number of carboxylic acid groups (broad SMARTS) is 1. The number of rotatable bonds is 10. The van der Waals surface area contributed by atoms with Gasteiger partial charge < -0.3 is 14.7 Å². The van der Waals surface area contributed by atoms with E-state index in [4.69, 9.17) is 4.74 Å². The van der Waals surface area contributed by atoms with Gasteiger partial charge >= 0.3 is 18.1 Å². The number of likely N-dealkylation sites (tertiary alicyclic amines) is 1. The molecule has 0 bridgehead atoms. The molecule has 2 aliphatic rings.